The third kappa shape index (κ3) is 7.10. The van der Waals surface area contributed by atoms with Crippen molar-refractivity contribution in [2.45, 2.75) is 50.8 Å². The molecule has 3 atom stereocenters. The van der Waals surface area contributed by atoms with Crippen molar-refractivity contribution in [3.8, 4) is 0 Å². The summed E-state index contributed by atoms with van der Waals surface area (Å²) in [6.45, 7) is 5.81. The van der Waals surface area contributed by atoms with Crippen LogP contribution in [0.4, 0.5) is 5.69 Å². The SMILES string of the molecule is CC(C)N=C1SC(c2ccc(NC(=O)[C@H](C)NC(=O)[C@@H](O)c3ccccc3)cc2)C(=O)N1Cc1ccccn1. The van der Waals surface area contributed by atoms with Crippen LogP contribution in [0.3, 0.4) is 0 Å². The van der Waals surface area contributed by atoms with E-state index in [4.69, 9.17) is 0 Å². The number of nitrogens with one attached hydrogen (secondary N) is 2. The van der Waals surface area contributed by atoms with Crippen molar-refractivity contribution in [1.82, 2.24) is 15.2 Å². The number of carbonyl (C=O) groups is 3. The zero-order valence-corrected chi connectivity index (χ0v) is 22.8. The van der Waals surface area contributed by atoms with Crippen LogP contribution in [0.2, 0.25) is 0 Å². The maximum Gasteiger partial charge on any atom is 0.254 e. The molecule has 1 saturated heterocycles. The van der Waals surface area contributed by atoms with Crippen LogP contribution < -0.4 is 10.6 Å². The number of nitrogens with zero attached hydrogens (tertiary/aromatic N) is 3. The van der Waals surface area contributed by atoms with Crippen LogP contribution in [-0.4, -0.2) is 50.0 Å². The molecule has 2 heterocycles. The van der Waals surface area contributed by atoms with Crippen LogP contribution in [-0.2, 0) is 20.9 Å². The molecule has 0 aliphatic carbocycles. The molecule has 2 aromatic carbocycles. The molecule has 1 aromatic heterocycles. The summed E-state index contributed by atoms with van der Waals surface area (Å²) in [5, 5.41) is 15.7. The third-order valence-electron chi connectivity index (χ3n) is 5.96. The van der Waals surface area contributed by atoms with Gasteiger partial charge in [-0.15, -0.1) is 0 Å². The van der Waals surface area contributed by atoms with Gasteiger partial charge in [0.25, 0.3) is 5.91 Å². The molecule has 0 saturated carbocycles. The Hall–Kier alpha value is -4.02. The van der Waals surface area contributed by atoms with Crippen LogP contribution in [0.1, 0.15) is 48.9 Å². The van der Waals surface area contributed by atoms with Crippen LogP contribution in [0.5, 0.6) is 0 Å². The first-order valence-corrected chi connectivity index (χ1v) is 13.5. The van der Waals surface area contributed by atoms with Crippen LogP contribution in [0, 0.1) is 0 Å². The summed E-state index contributed by atoms with van der Waals surface area (Å²) in [5.41, 5.74) is 2.53. The fraction of sp³-hybridized carbons (Fsp3) is 0.276. The molecule has 3 aromatic rings. The fourth-order valence-corrected chi connectivity index (χ4v) is 5.21. The molecule has 1 aliphatic rings. The average Bonchev–Trinajstić information content (AvgIpc) is 3.23. The second kappa shape index (κ2) is 12.7. The highest BCUT2D eigenvalue weighted by atomic mass is 32.2. The molecule has 9 nitrogen and oxygen atoms in total. The number of thioether (sulfide) groups is 1. The van der Waals surface area contributed by atoms with E-state index in [9.17, 15) is 19.5 Å². The van der Waals surface area contributed by atoms with E-state index in [0.29, 0.717) is 23.0 Å². The number of benzene rings is 2. The topological polar surface area (TPSA) is 124 Å². The summed E-state index contributed by atoms with van der Waals surface area (Å²) in [5.74, 6) is -1.17. The molecule has 1 fully saturated rings. The Kier molecular flexibility index (Phi) is 9.11. The zero-order chi connectivity index (χ0) is 27.9. The molecule has 3 amide bonds. The standard InChI is InChI=1S/C29H31N5O4S/c1-18(2)31-29-34(17-23-11-7-8-16-30-23)28(38)25(39-29)21-12-14-22(15-13-21)33-26(36)19(3)32-27(37)24(35)20-9-5-4-6-10-20/h4-16,18-19,24-25,35H,17H2,1-3H3,(H,32,37)(H,33,36)/t19-,24-,25?/m0/s1. The van der Waals surface area contributed by atoms with Crippen molar-refractivity contribution in [3.05, 3.63) is 95.8 Å². The average molecular weight is 546 g/mol. The van der Waals surface area contributed by atoms with Crippen molar-refractivity contribution in [1.29, 1.82) is 0 Å². The van der Waals surface area contributed by atoms with Gasteiger partial charge in [-0.05, 0) is 56.2 Å². The number of pyridine rings is 1. The van der Waals surface area contributed by atoms with Gasteiger partial charge in [0.15, 0.2) is 11.3 Å². The Morgan fingerprint density at radius 1 is 1.00 bits per heavy atom. The predicted octanol–water partition coefficient (Wildman–Crippen LogP) is 3.84. The molecular formula is C29H31N5O4S. The van der Waals surface area contributed by atoms with E-state index in [1.54, 1.807) is 72.6 Å². The largest absolute Gasteiger partial charge is 0.378 e. The number of hydrogen-bond donors (Lipinski definition) is 3. The minimum atomic E-state index is -1.37. The number of carbonyl (C=O) groups excluding carboxylic acids is 3. The molecule has 1 unspecified atom stereocenters. The lowest BCUT2D eigenvalue weighted by Crippen LogP contribution is -2.43. The molecule has 4 rings (SSSR count). The lowest BCUT2D eigenvalue weighted by Gasteiger charge is -2.17. The van der Waals surface area contributed by atoms with E-state index in [0.717, 1.165) is 11.3 Å². The number of rotatable bonds is 9. The number of aromatic nitrogens is 1. The highest BCUT2D eigenvalue weighted by Crippen LogP contribution is 2.40. The number of aliphatic hydroxyl groups excluding tert-OH is 1. The fourth-order valence-electron chi connectivity index (χ4n) is 3.92. The first kappa shape index (κ1) is 28.0. The Morgan fingerprint density at radius 3 is 2.33 bits per heavy atom. The molecular weight excluding hydrogens is 514 g/mol. The Morgan fingerprint density at radius 2 is 1.69 bits per heavy atom. The summed E-state index contributed by atoms with van der Waals surface area (Å²) in [6.07, 6.45) is 0.327. The number of aliphatic hydroxyl groups is 1. The summed E-state index contributed by atoms with van der Waals surface area (Å²) >= 11 is 1.40. The minimum Gasteiger partial charge on any atom is -0.378 e. The van der Waals surface area contributed by atoms with E-state index in [-0.39, 0.29) is 11.9 Å². The van der Waals surface area contributed by atoms with E-state index in [1.807, 2.05) is 32.0 Å². The molecule has 0 bridgehead atoms. The van der Waals surface area contributed by atoms with Crippen molar-refractivity contribution in [3.63, 3.8) is 0 Å². The molecule has 39 heavy (non-hydrogen) atoms. The van der Waals surface area contributed by atoms with Gasteiger partial charge in [0.1, 0.15) is 11.3 Å². The number of aliphatic imine (C=N–C) groups is 1. The highest BCUT2D eigenvalue weighted by molar-refractivity contribution is 8.15. The van der Waals surface area contributed by atoms with Gasteiger partial charge in [0.2, 0.25) is 11.8 Å². The van der Waals surface area contributed by atoms with Crippen LogP contribution >= 0.6 is 11.8 Å². The normalized spacial score (nSPS) is 17.8. The minimum absolute atomic E-state index is 0.0270. The summed E-state index contributed by atoms with van der Waals surface area (Å²) in [4.78, 5) is 49.1. The van der Waals surface area contributed by atoms with Gasteiger partial charge in [-0.1, -0.05) is 60.3 Å². The maximum atomic E-state index is 13.4. The number of hydrogen-bond acceptors (Lipinski definition) is 7. The lowest BCUT2D eigenvalue weighted by atomic mass is 10.1. The van der Waals surface area contributed by atoms with Crippen molar-refractivity contribution in [2.24, 2.45) is 4.99 Å². The van der Waals surface area contributed by atoms with Crippen LogP contribution in [0.25, 0.3) is 0 Å². The maximum absolute atomic E-state index is 13.4. The van der Waals surface area contributed by atoms with Crippen molar-refractivity contribution < 1.29 is 19.5 Å². The lowest BCUT2D eigenvalue weighted by molar-refractivity contribution is -0.132. The molecule has 0 radical (unpaired) electrons. The summed E-state index contributed by atoms with van der Waals surface area (Å²) in [7, 11) is 0. The first-order valence-electron chi connectivity index (χ1n) is 12.6. The van der Waals surface area contributed by atoms with Gasteiger partial charge < -0.3 is 15.7 Å². The molecule has 1 aliphatic heterocycles. The van der Waals surface area contributed by atoms with Crippen molar-refractivity contribution >= 4 is 40.3 Å². The number of anilines is 1. The molecule has 202 valence electrons. The predicted molar refractivity (Wildman–Crippen MR) is 152 cm³/mol. The van der Waals surface area contributed by atoms with Gasteiger partial charge in [0.05, 0.1) is 12.2 Å². The molecule has 10 heteroatoms. The van der Waals surface area contributed by atoms with Gasteiger partial charge in [-0.3, -0.25) is 29.3 Å². The summed E-state index contributed by atoms with van der Waals surface area (Å²) < 4.78 is 0. The van der Waals surface area contributed by atoms with Gasteiger partial charge in [-0.2, -0.15) is 0 Å². The molecule has 3 N–H and O–H groups in total. The van der Waals surface area contributed by atoms with Gasteiger partial charge in [0, 0.05) is 17.9 Å². The Bertz CT molecular complexity index is 1330. The zero-order valence-electron chi connectivity index (χ0n) is 21.9. The number of amidine groups is 1. The third-order valence-corrected chi connectivity index (χ3v) is 7.20. The van der Waals surface area contributed by atoms with E-state index >= 15 is 0 Å². The van der Waals surface area contributed by atoms with E-state index in [1.165, 1.54) is 11.8 Å². The quantitative estimate of drug-likeness (QED) is 0.375. The Balaban J connectivity index is 1.39. The second-order valence-electron chi connectivity index (χ2n) is 9.40. The Labute approximate surface area is 231 Å². The van der Waals surface area contributed by atoms with Gasteiger partial charge >= 0.3 is 0 Å². The molecule has 0 spiro atoms. The second-order valence-corrected chi connectivity index (χ2v) is 10.5. The summed E-state index contributed by atoms with van der Waals surface area (Å²) in [6, 6.07) is 20.3. The monoisotopic (exact) mass is 545 g/mol. The number of amides is 3. The van der Waals surface area contributed by atoms with Crippen LogP contribution in [0.15, 0.2) is 84.0 Å². The van der Waals surface area contributed by atoms with Gasteiger partial charge in [-0.25, -0.2) is 0 Å². The first-order chi connectivity index (χ1) is 18.7. The van der Waals surface area contributed by atoms with E-state index in [2.05, 4.69) is 20.6 Å². The van der Waals surface area contributed by atoms with Crippen molar-refractivity contribution in [2.75, 3.05) is 5.32 Å². The van der Waals surface area contributed by atoms with E-state index < -0.39 is 29.2 Å². The highest BCUT2D eigenvalue weighted by Gasteiger charge is 2.39. The smallest absolute Gasteiger partial charge is 0.254 e.